The predicted octanol–water partition coefficient (Wildman–Crippen LogP) is 3.86. The number of nitrogens with zero attached hydrogens (tertiary/aromatic N) is 2. The molecule has 0 aliphatic carbocycles. The van der Waals surface area contributed by atoms with Crippen molar-refractivity contribution in [3.63, 3.8) is 0 Å². The number of Topliss-reactive ketones (excluding diaryl/α,β-unsaturated/α-hetero) is 1. The van der Waals surface area contributed by atoms with Crippen LogP contribution in [0.1, 0.15) is 22.7 Å². The summed E-state index contributed by atoms with van der Waals surface area (Å²) in [6.45, 7) is 0.0818. The Bertz CT molecular complexity index is 1230. The van der Waals surface area contributed by atoms with E-state index in [1.165, 1.54) is 43.4 Å². The molecule has 168 valence electrons. The third kappa shape index (κ3) is 4.15. The molecule has 2 aromatic carbocycles. The van der Waals surface area contributed by atoms with Gasteiger partial charge in [-0.2, -0.15) is 0 Å². The fourth-order valence-electron chi connectivity index (χ4n) is 3.86. The molecule has 1 aliphatic rings. The van der Waals surface area contributed by atoms with Crippen LogP contribution in [0.3, 0.4) is 0 Å². The van der Waals surface area contributed by atoms with Gasteiger partial charge in [-0.15, -0.1) is 0 Å². The van der Waals surface area contributed by atoms with Gasteiger partial charge < -0.3 is 19.5 Å². The molecule has 8 heteroatoms. The molecule has 4 rings (SSSR count). The van der Waals surface area contributed by atoms with Gasteiger partial charge in [0.2, 0.25) is 0 Å². The Balaban J connectivity index is 1.91. The summed E-state index contributed by atoms with van der Waals surface area (Å²) in [5, 5.41) is 11.1. The van der Waals surface area contributed by atoms with Gasteiger partial charge in [-0.05, 0) is 48.0 Å². The number of hydrogen-bond acceptors (Lipinski definition) is 6. The van der Waals surface area contributed by atoms with E-state index in [1.54, 1.807) is 42.7 Å². The lowest BCUT2D eigenvalue weighted by molar-refractivity contribution is -0.140. The monoisotopic (exact) mass is 448 g/mol. The smallest absolute Gasteiger partial charge is 0.295 e. The highest BCUT2D eigenvalue weighted by Gasteiger charge is 2.47. The molecule has 3 aromatic rings. The number of rotatable bonds is 6. The number of aromatic nitrogens is 1. The molecule has 0 bridgehead atoms. The van der Waals surface area contributed by atoms with Gasteiger partial charge in [0, 0.05) is 36.1 Å². The second-order valence-corrected chi connectivity index (χ2v) is 7.40. The molecule has 1 aliphatic heterocycles. The molecular formula is C25H21FN2O5. The Kier molecular flexibility index (Phi) is 6.08. The molecule has 0 unspecified atom stereocenters. The molecule has 1 N–H and O–H groups in total. The number of carbonyl (C=O) groups excluding carboxylic acids is 2. The highest BCUT2D eigenvalue weighted by atomic mass is 19.1. The maximum Gasteiger partial charge on any atom is 0.295 e. The summed E-state index contributed by atoms with van der Waals surface area (Å²) in [4.78, 5) is 31.7. The minimum Gasteiger partial charge on any atom is -0.507 e. The standard InChI is InChI=1S/C25H21FN2O5/c1-32-18-9-10-19(20(12-18)33-2)22-21(23(29)16-5-7-17(26)8-6-16)24(30)25(31)28(22)14-15-4-3-11-27-13-15/h3-13,22,29H,14H2,1-2H3/t22-/m1/s1. The number of ether oxygens (including phenoxy) is 2. The minimum absolute atomic E-state index is 0.0818. The van der Waals surface area contributed by atoms with Crippen molar-refractivity contribution in [2.45, 2.75) is 12.6 Å². The van der Waals surface area contributed by atoms with E-state index in [1.807, 2.05) is 0 Å². The first kappa shape index (κ1) is 22.0. The first-order chi connectivity index (χ1) is 15.9. The lowest BCUT2D eigenvalue weighted by Gasteiger charge is -2.26. The molecule has 1 aromatic heterocycles. The largest absolute Gasteiger partial charge is 0.507 e. The molecule has 0 radical (unpaired) electrons. The molecule has 33 heavy (non-hydrogen) atoms. The van der Waals surface area contributed by atoms with Gasteiger partial charge in [0.25, 0.3) is 11.7 Å². The first-order valence-corrected chi connectivity index (χ1v) is 10.1. The molecule has 0 saturated carbocycles. The topological polar surface area (TPSA) is 89.0 Å². The van der Waals surface area contributed by atoms with Crippen LogP contribution < -0.4 is 9.47 Å². The second kappa shape index (κ2) is 9.12. The van der Waals surface area contributed by atoms with Crippen molar-refractivity contribution in [3.05, 3.63) is 95.1 Å². The van der Waals surface area contributed by atoms with Crippen molar-refractivity contribution in [2.24, 2.45) is 0 Å². The number of hydrogen-bond donors (Lipinski definition) is 1. The van der Waals surface area contributed by atoms with E-state index in [2.05, 4.69) is 4.98 Å². The van der Waals surface area contributed by atoms with E-state index in [9.17, 15) is 19.1 Å². The minimum atomic E-state index is -0.948. The number of likely N-dealkylation sites (tertiary alicyclic amines) is 1. The van der Waals surface area contributed by atoms with Crippen molar-refractivity contribution in [2.75, 3.05) is 14.2 Å². The summed E-state index contributed by atoms with van der Waals surface area (Å²) >= 11 is 0. The second-order valence-electron chi connectivity index (χ2n) is 7.40. The Labute approximate surface area is 189 Å². The number of carbonyl (C=O) groups is 2. The Morgan fingerprint density at radius 3 is 2.48 bits per heavy atom. The van der Waals surface area contributed by atoms with Crippen molar-refractivity contribution in [1.82, 2.24) is 9.88 Å². The van der Waals surface area contributed by atoms with Crippen LogP contribution in [0.5, 0.6) is 11.5 Å². The summed E-state index contributed by atoms with van der Waals surface area (Å²) in [5.41, 5.74) is 1.30. The van der Waals surface area contributed by atoms with Gasteiger partial charge in [0.05, 0.1) is 25.8 Å². The molecule has 2 heterocycles. The van der Waals surface area contributed by atoms with Crippen molar-refractivity contribution >= 4 is 17.4 Å². The van der Waals surface area contributed by atoms with Crippen LogP contribution in [0.4, 0.5) is 4.39 Å². The Morgan fingerprint density at radius 1 is 1.09 bits per heavy atom. The quantitative estimate of drug-likeness (QED) is 0.350. The SMILES string of the molecule is COc1ccc([C@@H]2C(=C(O)c3ccc(F)cc3)C(=O)C(=O)N2Cc2cccnc2)c(OC)c1. The molecule has 1 fully saturated rings. The van der Waals surface area contributed by atoms with Gasteiger partial charge in [-0.1, -0.05) is 6.07 Å². The lowest BCUT2D eigenvalue weighted by atomic mass is 9.94. The highest BCUT2D eigenvalue weighted by Crippen LogP contribution is 2.44. The summed E-state index contributed by atoms with van der Waals surface area (Å²) in [6.07, 6.45) is 3.21. The lowest BCUT2D eigenvalue weighted by Crippen LogP contribution is -2.29. The molecule has 0 spiro atoms. The number of pyridine rings is 1. The fraction of sp³-hybridized carbons (Fsp3) is 0.160. The number of ketones is 1. The number of benzene rings is 2. The van der Waals surface area contributed by atoms with Crippen LogP contribution in [-0.2, 0) is 16.1 Å². The van der Waals surface area contributed by atoms with Crippen LogP contribution >= 0.6 is 0 Å². The zero-order valence-corrected chi connectivity index (χ0v) is 18.0. The third-order valence-electron chi connectivity index (χ3n) is 5.47. The van der Waals surface area contributed by atoms with Gasteiger partial charge in [-0.25, -0.2) is 4.39 Å². The number of aliphatic hydroxyl groups is 1. The first-order valence-electron chi connectivity index (χ1n) is 10.1. The van der Waals surface area contributed by atoms with E-state index >= 15 is 0 Å². The van der Waals surface area contributed by atoms with Crippen molar-refractivity contribution in [3.8, 4) is 11.5 Å². The summed E-state index contributed by atoms with van der Waals surface area (Å²) in [5.74, 6) is -1.60. The number of aliphatic hydroxyl groups excluding tert-OH is 1. The normalized spacial score (nSPS) is 17.3. The Morgan fingerprint density at radius 2 is 1.85 bits per heavy atom. The average Bonchev–Trinajstić information content (AvgIpc) is 3.09. The number of methoxy groups -OCH3 is 2. The maximum absolute atomic E-state index is 13.4. The molecule has 1 saturated heterocycles. The predicted molar refractivity (Wildman–Crippen MR) is 118 cm³/mol. The third-order valence-corrected chi connectivity index (χ3v) is 5.47. The zero-order chi connectivity index (χ0) is 23.5. The van der Waals surface area contributed by atoms with Gasteiger partial charge in [0.15, 0.2) is 0 Å². The maximum atomic E-state index is 13.4. The molecular weight excluding hydrogens is 427 g/mol. The van der Waals surface area contributed by atoms with E-state index < -0.39 is 29.3 Å². The fourth-order valence-corrected chi connectivity index (χ4v) is 3.86. The average molecular weight is 448 g/mol. The summed E-state index contributed by atoms with van der Waals surface area (Å²) in [7, 11) is 2.98. The van der Waals surface area contributed by atoms with Crippen LogP contribution in [0.2, 0.25) is 0 Å². The molecule has 7 nitrogen and oxygen atoms in total. The van der Waals surface area contributed by atoms with E-state index in [0.29, 0.717) is 22.6 Å². The van der Waals surface area contributed by atoms with Crippen molar-refractivity contribution < 1.29 is 28.6 Å². The van der Waals surface area contributed by atoms with Crippen LogP contribution in [0.25, 0.3) is 5.76 Å². The van der Waals surface area contributed by atoms with Crippen LogP contribution in [-0.4, -0.2) is 40.9 Å². The van der Waals surface area contributed by atoms with E-state index in [4.69, 9.17) is 9.47 Å². The number of halogens is 1. The molecule has 1 atom stereocenters. The van der Waals surface area contributed by atoms with Crippen molar-refractivity contribution in [1.29, 1.82) is 0 Å². The van der Waals surface area contributed by atoms with Crippen LogP contribution in [0.15, 0.2) is 72.6 Å². The van der Waals surface area contributed by atoms with E-state index in [-0.39, 0.29) is 17.7 Å². The summed E-state index contributed by atoms with van der Waals surface area (Å²) < 4.78 is 24.2. The van der Waals surface area contributed by atoms with Gasteiger partial charge in [-0.3, -0.25) is 14.6 Å². The zero-order valence-electron chi connectivity index (χ0n) is 18.0. The molecule has 1 amide bonds. The van der Waals surface area contributed by atoms with E-state index in [0.717, 1.165) is 0 Å². The van der Waals surface area contributed by atoms with Crippen LogP contribution in [0, 0.1) is 5.82 Å². The van der Waals surface area contributed by atoms with Gasteiger partial charge >= 0.3 is 0 Å². The Hall–Kier alpha value is -4.20. The summed E-state index contributed by atoms with van der Waals surface area (Å²) in [6, 6.07) is 12.6. The van der Waals surface area contributed by atoms with Gasteiger partial charge in [0.1, 0.15) is 23.1 Å². The highest BCUT2D eigenvalue weighted by molar-refractivity contribution is 6.46. The number of amides is 1.